The van der Waals surface area contributed by atoms with Gasteiger partial charge in [-0.3, -0.25) is 24.1 Å². The number of carbonyl (C=O) groups is 4. The number of hydrogen-bond acceptors (Lipinski definition) is 4. The normalized spacial score (nSPS) is 16.2. The number of piperidine rings is 1. The lowest BCUT2D eigenvalue weighted by Crippen LogP contribution is -2.49. The van der Waals surface area contributed by atoms with Gasteiger partial charge >= 0.3 is 0 Å². The Balaban J connectivity index is 1.17. The summed E-state index contributed by atoms with van der Waals surface area (Å²) >= 11 is 0. The highest BCUT2D eigenvalue weighted by atomic mass is 16.2. The van der Waals surface area contributed by atoms with Gasteiger partial charge in [0, 0.05) is 24.7 Å². The molecule has 0 aromatic heterocycles. The second-order valence-corrected chi connectivity index (χ2v) is 8.40. The first-order chi connectivity index (χ1) is 16.0. The van der Waals surface area contributed by atoms with Crippen LogP contribution in [0.25, 0.3) is 10.8 Å². The largest absolute Gasteiger partial charge is 0.352 e. The Morgan fingerprint density at radius 1 is 0.818 bits per heavy atom. The summed E-state index contributed by atoms with van der Waals surface area (Å²) in [5.41, 5.74) is 1.34. The number of nitrogens with zero attached hydrogens (tertiary/aromatic N) is 2. The van der Waals surface area contributed by atoms with Gasteiger partial charge < -0.3 is 10.2 Å². The van der Waals surface area contributed by atoms with E-state index in [-0.39, 0.29) is 24.4 Å². The van der Waals surface area contributed by atoms with Gasteiger partial charge in [-0.15, -0.1) is 0 Å². The monoisotopic (exact) mass is 441 g/mol. The van der Waals surface area contributed by atoms with Crippen LogP contribution in [-0.4, -0.2) is 59.1 Å². The smallest absolute Gasteiger partial charge is 0.262 e. The highest BCUT2D eigenvalue weighted by Crippen LogP contribution is 2.23. The molecule has 33 heavy (non-hydrogen) atoms. The first-order valence-corrected chi connectivity index (χ1v) is 11.0. The van der Waals surface area contributed by atoms with Crippen molar-refractivity contribution in [3.8, 4) is 0 Å². The van der Waals surface area contributed by atoms with Crippen molar-refractivity contribution < 1.29 is 19.2 Å². The predicted octanol–water partition coefficient (Wildman–Crippen LogP) is 2.86. The Hall–Kier alpha value is -4.00. The summed E-state index contributed by atoms with van der Waals surface area (Å²) in [7, 11) is 0. The molecule has 3 aromatic rings. The molecule has 1 saturated heterocycles. The minimum absolute atomic E-state index is 0.0115. The summed E-state index contributed by atoms with van der Waals surface area (Å²) < 4.78 is 0. The molecule has 0 spiro atoms. The maximum Gasteiger partial charge on any atom is 0.262 e. The molecule has 2 aliphatic heterocycles. The second kappa shape index (κ2) is 8.50. The number of hydrogen-bond donors (Lipinski definition) is 1. The third-order valence-corrected chi connectivity index (χ3v) is 6.35. The van der Waals surface area contributed by atoms with Crippen LogP contribution in [-0.2, 0) is 4.79 Å². The quantitative estimate of drug-likeness (QED) is 0.631. The first kappa shape index (κ1) is 20.9. The molecule has 2 aliphatic rings. The van der Waals surface area contributed by atoms with Crippen LogP contribution in [0, 0.1) is 0 Å². The van der Waals surface area contributed by atoms with Crippen molar-refractivity contribution in [2.75, 3.05) is 19.6 Å². The summed E-state index contributed by atoms with van der Waals surface area (Å²) in [6.45, 7) is 0.752. The zero-order valence-corrected chi connectivity index (χ0v) is 18.0. The SMILES string of the molecule is O=C(CN1C(=O)c2ccccc2C1=O)NC1CCN(C(=O)c2cccc3ccccc23)CC1. The van der Waals surface area contributed by atoms with E-state index in [1.54, 1.807) is 24.3 Å². The Bertz CT molecular complexity index is 1240. The summed E-state index contributed by atoms with van der Waals surface area (Å²) in [5, 5.41) is 4.88. The molecule has 3 aromatic carbocycles. The van der Waals surface area contributed by atoms with Gasteiger partial charge in [-0.25, -0.2) is 0 Å². The molecule has 7 heteroatoms. The lowest BCUT2D eigenvalue weighted by Gasteiger charge is -2.33. The molecule has 166 valence electrons. The number of carbonyl (C=O) groups excluding carboxylic acids is 4. The molecule has 5 rings (SSSR count). The van der Waals surface area contributed by atoms with E-state index in [0.29, 0.717) is 42.6 Å². The van der Waals surface area contributed by atoms with Crippen LogP contribution in [0.1, 0.15) is 43.9 Å². The van der Waals surface area contributed by atoms with Crippen molar-refractivity contribution in [2.24, 2.45) is 0 Å². The van der Waals surface area contributed by atoms with Crippen molar-refractivity contribution >= 4 is 34.4 Å². The number of amides is 4. The van der Waals surface area contributed by atoms with Gasteiger partial charge in [-0.05, 0) is 41.8 Å². The summed E-state index contributed by atoms with van der Waals surface area (Å²) in [6.07, 6.45) is 1.23. The van der Waals surface area contributed by atoms with Gasteiger partial charge in [-0.1, -0.05) is 48.5 Å². The average molecular weight is 441 g/mol. The van der Waals surface area contributed by atoms with Gasteiger partial charge in [-0.2, -0.15) is 0 Å². The van der Waals surface area contributed by atoms with Crippen LogP contribution >= 0.6 is 0 Å². The fraction of sp³-hybridized carbons (Fsp3) is 0.231. The fourth-order valence-electron chi connectivity index (χ4n) is 4.61. The molecule has 0 unspecified atom stereocenters. The van der Waals surface area contributed by atoms with E-state index in [2.05, 4.69) is 5.32 Å². The van der Waals surface area contributed by atoms with Crippen molar-refractivity contribution in [3.63, 3.8) is 0 Å². The molecular weight excluding hydrogens is 418 g/mol. The number of fused-ring (bicyclic) bond motifs is 2. The van der Waals surface area contributed by atoms with Gasteiger partial charge in [0.15, 0.2) is 0 Å². The zero-order chi connectivity index (χ0) is 22.9. The highest BCUT2D eigenvalue weighted by molar-refractivity contribution is 6.22. The molecule has 0 saturated carbocycles. The maximum absolute atomic E-state index is 13.1. The van der Waals surface area contributed by atoms with Crippen LogP contribution < -0.4 is 5.32 Å². The van der Waals surface area contributed by atoms with Gasteiger partial charge in [0.05, 0.1) is 11.1 Å². The van der Waals surface area contributed by atoms with Crippen molar-refractivity contribution in [3.05, 3.63) is 83.4 Å². The van der Waals surface area contributed by atoms with E-state index < -0.39 is 11.8 Å². The lowest BCUT2D eigenvalue weighted by atomic mass is 10.0. The standard InChI is InChI=1S/C26H23N3O4/c30-23(16-29-25(32)21-9-3-4-10-22(21)26(29)33)27-18-12-14-28(15-13-18)24(31)20-11-5-7-17-6-1-2-8-19(17)20/h1-11,18H,12-16H2,(H,27,30). The van der Waals surface area contributed by atoms with E-state index in [0.717, 1.165) is 15.7 Å². The fourth-order valence-corrected chi connectivity index (χ4v) is 4.61. The molecule has 0 bridgehead atoms. The topological polar surface area (TPSA) is 86.8 Å². The van der Waals surface area contributed by atoms with E-state index in [9.17, 15) is 19.2 Å². The van der Waals surface area contributed by atoms with E-state index in [4.69, 9.17) is 0 Å². The van der Waals surface area contributed by atoms with E-state index in [1.807, 2.05) is 47.4 Å². The third kappa shape index (κ3) is 3.86. The number of nitrogens with one attached hydrogen (secondary N) is 1. The average Bonchev–Trinajstić information content (AvgIpc) is 3.08. The van der Waals surface area contributed by atoms with Crippen LogP contribution in [0.15, 0.2) is 66.7 Å². The summed E-state index contributed by atoms with van der Waals surface area (Å²) in [5.74, 6) is -1.27. The number of rotatable bonds is 4. The Morgan fingerprint density at radius 3 is 2.12 bits per heavy atom. The zero-order valence-electron chi connectivity index (χ0n) is 18.0. The van der Waals surface area contributed by atoms with Crippen LogP contribution in [0.4, 0.5) is 0 Å². The molecular formula is C26H23N3O4. The van der Waals surface area contributed by atoms with Crippen molar-refractivity contribution in [1.29, 1.82) is 0 Å². The van der Waals surface area contributed by atoms with Gasteiger partial charge in [0.25, 0.3) is 17.7 Å². The lowest BCUT2D eigenvalue weighted by molar-refractivity contribution is -0.122. The molecule has 1 fully saturated rings. The Morgan fingerprint density at radius 2 is 1.42 bits per heavy atom. The van der Waals surface area contributed by atoms with E-state index in [1.165, 1.54) is 0 Å². The summed E-state index contributed by atoms with van der Waals surface area (Å²) in [4.78, 5) is 53.4. The highest BCUT2D eigenvalue weighted by Gasteiger charge is 2.36. The molecule has 7 nitrogen and oxygen atoms in total. The number of imide groups is 1. The van der Waals surface area contributed by atoms with Gasteiger partial charge in [0.2, 0.25) is 5.91 Å². The van der Waals surface area contributed by atoms with Crippen LogP contribution in [0.5, 0.6) is 0 Å². The van der Waals surface area contributed by atoms with Crippen molar-refractivity contribution in [2.45, 2.75) is 18.9 Å². The second-order valence-electron chi connectivity index (χ2n) is 8.40. The maximum atomic E-state index is 13.1. The van der Waals surface area contributed by atoms with E-state index >= 15 is 0 Å². The van der Waals surface area contributed by atoms with Crippen LogP contribution in [0.2, 0.25) is 0 Å². The molecule has 4 amide bonds. The number of likely N-dealkylation sites (tertiary alicyclic amines) is 1. The molecule has 1 N–H and O–H groups in total. The number of benzene rings is 3. The Kier molecular flexibility index (Phi) is 5.38. The minimum Gasteiger partial charge on any atom is -0.352 e. The third-order valence-electron chi connectivity index (χ3n) is 6.35. The summed E-state index contributed by atoms with van der Waals surface area (Å²) in [6, 6.07) is 20.0. The molecule has 2 heterocycles. The van der Waals surface area contributed by atoms with Crippen molar-refractivity contribution in [1.82, 2.24) is 15.1 Å². The predicted molar refractivity (Wildman–Crippen MR) is 123 cm³/mol. The van der Waals surface area contributed by atoms with Crippen LogP contribution in [0.3, 0.4) is 0 Å². The first-order valence-electron chi connectivity index (χ1n) is 11.0. The van der Waals surface area contributed by atoms with Gasteiger partial charge in [0.1, 0.15) is 6.54 Å². The molecule has 0 atom stereocenters. The Labute approximate surface area is 191 Å². The molecule has 0 aliphatic carbocycles. The minimum atomic E-state index is -0.443. The molecule has 0 radical (unpaired) electrons.